The van der Waals surface area contributed by atoms with Crippen LogP contribution in [0.2, 0.25) is 0 Å². The molecule has 2 rings (SSSR count). The molecule has 3 nitrogen and oxygen atoms in total. The van der Waals surface area contributed by atoms with Crippen LogP contribution in [0.25, 0.3) is 0 Å². The zero-order valence-electron chi connectivity index (χ0n) is 11.7. The van der Waals surface area contributed by atoms with E-state index in [4.69, 9.17) is 0 Å². The summed E-state index contributed by atoms with van der Waals surface area (Å²) in [7, 11) is 0. The molecule has 2 heterocycles. The Labute approximate surface area is 113 Å². The second-order valence-electron chi connectivity index (χ2n) is 5.02. The van der Waals surface area contributed by atoms with E-state index in [0.717, 1.165) is 11.6 Å². The molecule has 0 aromatic carbocycles. The Balaban J connectivity index is 2.18. The Morgan fingerprint density at radius 1 is 1.22 bits per heavy atom. The van der Waals surface area contributed by atoms with E-state index >= 15 is 0 Å². The minimum absolute atomic E-state index is 0.294. The van der Waals surface area contributed by atoms with Gasteiger partial charge in [-0.2, -0.15) is 0 Å². The van der Waals surface area contributed by atoms with Crippen molar-refractivity contribution >= 4 is 17.3 Å². The summed E-state index contributed by atoms with van der Waals surface area (Å²) in [6.45, 7) is 10.7. The summed E-state index contributed by atoms with van der Waals surface area (Å²) >= 11 is 1.84. The number of aromatic nitrogens is 2. The van der Waals surface area contributed by atoms with Crippen LogP contribution in [0.4, 0.5) is 5.95 Å². The van der Waals surface area contributed by atoms with E-state index in [0.29, 0.717) is 12.1 Å². The smallest absolute Gasteiger partial charge is 0.203 e. The molecule has 2 aromatic heterocycles. The third-order valence-corrected chi connectivity index (χ3v) is 4.13. The van der Waals surface area contributed by atoms with Crippen LogP contribution in [0.15, 0.2) is 18.3 Å². The van der Waals surface area contributed by atoms with Gasteiger partial charge in [-0.3, -0.25) is 0 Å². The van der Waals surface area contributed by atoms with Gasteiger partial charge in [-0.25, -0.2) is 4.98 Å². The van der Waals surface area contributed by atoms with E-state index in [2.05, 4.69) is 60.9 Å². The van der Waals surface area contributed by atoms with Crippen molar-refractivity contribution in [3.05, 3.63) is 33.8 Å². The molecule has 2 aromatic rings. The highest BCUT2D eigenvalue weighted by Crippen LogP contribution is 2.26. The lowest BCUT2D eigenvalue weighted by atomic mass is 10.3. The molecule has 98 valence electrons. The summed E-state index contributed by atoms with van der Waals surface area (Å²) in [5.74, 6) is 0.959. The topological polar surface area (TPSA) is 29.9 Å². The SMILES string of the molecule is Cc1cn(C(C)C)c(NC(C)c2ccc(C)s2)n1. The van der Waals surface area contributed by atoms with Gasteiger partial charge in [0, 0.05) is 22.0 Å². The summed E-state index contributed by atoms with van der Waals surface area (Å²) in [6.07, 6.45) is 2.10. The molecule has 0 saturated heterocycles. The predicted octanol–water partition coefficient (Wildman–Crippen LogP) is 4.32. The lowest BCUT2D eigenvalue weighted by Gasteiger charge is -2.16. The van der Waals surface area contributed by atoms with E-state index < -0.39 is 0 Å². The van der Waals surface area contributed by atoms with E-state index in [1.54, 1.807) is 0 Å². The van der Waals surface area contributed by atoms with Crippen molar-refractivity contribution in [2.45, 2.75) is 46.7 Å². The first-order valence-electron chi connectivity index (χ1n) is 6.35. The quantitative estimate of drug-likeness (QED) is 0.890. The minimum Gasteiger partial charge on any atom is -0.348 e. The number of imidazole rings is 1. The molecule has 0 radical (unpaired) electrons. The number of thiophene rings is 1. The fourth-order valence-corrected chi connectivity index (χ4v) is 2.85. The molecule has 0 fully saturated rings. The van der Waals surface area contributed by atoms with Crippen LogP contribution in [0.3, 0.4) is 0 Å². The average Bonchev–Trinajstić information content (AvgIpc) is 2.85. The summed E-state index contributed by atoms with van der Waals surface area (Å²) in [5, 5.41) is 3.50. The van der Waals surface area contributed by atoms with Gasteiger partial charge in [0.1, 0.15) is 0 Å². The lowest BCUT2D eigenvalue weighted by molar-refractivity contribution is 0.600. The van der Waals surface area contributed by atoms with Gasteiger partial charge in [-0.1, -0.05) is 0 Å². The maximum Gasteiger partial charge on any atom is 0.203 e. The van der Waals surface area contributed by atoms with Crippen molar-refractivity contribution in [1.82, 2.24) is 9.55 Å². The van der Waals surface area contributed by atoms with Gasteiger partial charge in [0.25, 0.3) is 0 Å². The molecular formula is C14H21N3S. The van der Waals surface area contributed by atoms with Gasteiger partial charge in [-0.05, 0) is 46.8 Å². The fourth-order valence-electron chi connectivity index (χ4n) is 1.97. The van der Waals surface area contributed by atoms with Gasteiger partial charge in [0.15, 0.2) is 0 Å². The highest BCUT2D eigenvalue weighted by Gasteiger charge is 2.13. The minimum atomic E-state index is 0.294. The molecule has 0 saturated carbocycles. The second kappa shape index (κ2) is 5.14. The third kappa shape index (κ3) is 2.75. The maximum absolute atomic E-state index is 4.56. The van der Waals surface area contributed by atoms with Crippen LogP contribution in [-0.2, 0) is 0 Å². The molecule has 0 amide bonds. The lowest BCUT2D eigenvalue weighted by Crippen LogP contribution is -2.11. The van der Waals surface area contributed by atoms with Crippen molar-refractivity contribution in [2.75, 3.05) is 5.32 Å². The van der Waals surface area contributed by atoms with Crippen LogP contribution >= 0.6 is 11.3 Å². The molecule has 1 N–H and O–H groups in total. The number of rotatable bonds is 4. The van der Waals surface area contributed by atoms with E-state index in [1.807, 2.05) is 18.3 Å². The summed E-state index contributed by atoms with van der Waals surface area (Å²) in [5.41, 5.74) is 1.06. The van der Waals surface area contributed by atoms with Crippen molar-refractivity contribution in [2.24, 2.45) is 0 Å². The molecule has 0 bridgehead atoms. The monoisotopic (exact) mass is 263 g/mol. The van der Waals surface area contributed by atoms with E-state index in [1.165, 1.54) is 9.75 Å². The number of hydrogen-bond donors (Lipinski definition) is 1. The van der Waals surface area contributed by atoms with Gasteiger partial charge < -0.3 is 9.88 Å². The zero-order chi connectivity index (χ0) is 13.3. The fraction of sp³-hybridized carbons (Fsp3) is 0.500. The molecule has 4 heteroatoms. The Morgan fingerprint density at radius 2 is 1.94 bits per heavy atom. The van der Waals surface area contributed by atoms with Crippen molar-refractivity contribution in [1.29, 1.82) is 0 Å². The van der Waals surface area contributed by atoms with Crippen molar-refractivity contribution in [3.63, 3.8) is 0 Å². The first-order chi connectivity index (χ1) is 8.47. The van der Waals surface area contributed by atoms with Gasteiger partial charge in [0.2, 0.25) is 5.95 Å². The molecule has 0 spiro atoms. The summed E-state index contributed by atoms with van der Waals surface area (Å²) < 4.78 is 2.19. The molecule has 18 heavy (non-hydrogen) atoms. The Kier molecular flexibility index (Phi) is 3.76. The maximum atomic E-state index is 4.56. The number of anilines is 1. The molecule has 0 aliphatic rings. The second-order valence-corrected chi connectivity index (χ2v) is 6.34. The normalized spacial score (nSPS) is 13.0. The van der Waals surface area contributed by atoms with Crippen LogP contribution < -0.4 is 5.32 Å². The third-order valence-electron chi connectivity index (χ3n) is 2.94. The Bertz CT molecular complexity index is 525. The van der Waals surface area contributed by atoms with Crippen LogP contribution in [0.5, 0.6) is 0 Å². The largest absolute Gasteiger partial charge is 0.348 e. The molecule has 0 aliphatic carbocycles. The standard InChI is InChI=1S/C14H21N3S/c1-9(2)17-8-10(3)15-14(17)16-12(5)13-7-6-11(4)18-13/h6-9,12H,1-5H3,(H,15,16). The van der Waals surface area contributed by atoms with Gasteiger partial charge >= 0.3 is 0 Å². The molecular weight excluding hydrogens is 242 g/mol. The number of aryl methyl sites for hydroxylation is 2. The van der Waals surface area contributed by atoms with Crippen molar-refractivity contribution in [3.8, 4) is 0 Å². The Hall–Kier alpha value is -1.29. The van der Waals surface area contributed by atoms with E-state index in [9.17, 15) is 0 Å². The molecule has 1 unspecified atom stereocenters. The zero-order valence-corrected chi connectivity index (χ0v) is 12.5. The Morgan fingerprint density at radius 3 is 2.50 bits per heavy atom. The predicted molar refractivity (Wildman–Crippen MR) is 78.4 cm³/mol. The van der Waals surface area contributed by atoms with E-state index in [-0.39, 0.29) is 0 Å². The van der Waals surface area contributed by atoms with Gasteiger partial charge in [0.05, 0.1) is 11.7 Å². The number of nitrogens with one attached hydrogen (secondary N) is 1. The molecule has 0 aliphatic heterocycles. The summed E-state index contributed by atoms with van der Waals surface area (Å²) in [6, 6.07) is 5.07. The number of nitrogens with zero attached hydrogens (tertiary/aromatic N) is 2. The average molecular weight is 263 g/mol. The highest BCUT2D eigenvalue weighted by atomic mass is 32.1. The highest BCUT2D eigenvalue weighted by molar-refractivity contribution is 7.12. The van der Waals surface area contributed by atoms with Crippen LogP contribution in [0, 0.1) is 13.8 Å². The van der Waals surface area contributed by atoms with Crippen LogP contribution in [0.1, 0.15) is 48.3 Å². The van der Waals surface area contributed by atoms with Gasteiger partial charge in [-0.15, -0.1) is 11.3 Å². The molecule has 1 atom stereocenters. The van der Waals surface area contributed by atoms with Crippen LogP contribution in [-0.4, -0.2) is 9.55 Å². The van der Waals surface area contributed by atoms with Crippen molar-refractivity contribution < 1.29 is 0 Å². The summed E-state index contributed by atoms with van der Waals surface area (Å²) in [4.78, 5) is 7.26. The number of hydrogen-bond acceptors (Lipinski definition) is 3. The first-order valence-corrected chi connectivity index (χ1v) is 7.17. The first kappa shape index (κ1) is 13.1.